The molecule has 1 heterocycles. The molecule has 0 radical (unpaired) electrons. The van der Waals surface area contributed by atoms with Crippen LogP contribution in [0.2, 0.25) is 0 Å². The first-order valence-electron chi connectivity index (χ1n) is 8.65. The van der Waals surface area contributed by atoms with Crippen molar-refractivity contribution in [3.05, 3.63) is 77.0 Å². The molecule has 0 aliphatic heterocycles. The lowest BCUT2D eigenvalue weighted by molar-refractivity contribution is 0.410. The van der Waals surface area contributed by atoms with Crippen LogP contribution in [0.5, 0.6) is 5.75 Å². The smallest absolute Gasteiger partial charge is 0.225 e. The second-order valence-corrected chi connectivity index (χ2v) is 6.22. The van der Waals surface area contributed by atoms with Gasteiger partial charge in [-0.3, -0.25) is 0 Å². The summed E-state index contributed by atoms with van der Waals surface area (Å²) < 4.78 is 5.38. The largest absolute Gasteiger partial charge is 0.496 e. The average Bonchev–Trinajstić information content (AvgIpc) is 2.66. The first kappa shape index (κ1) is 17.7. The van der Waals surface area contributed by atoms with Crippen LogP contribution in [0.1, 0.15) is 22.4 Å². The lowest BCUT2D eigenvalue weighted by atomic mass is 10.1. The summed E-state index contributed by atoms with van der Waals surface area (Å²) >= 11 is 0. The third-order valence-corrected chi connectivity index (χ3v) is 4.08. The number of ether oxygens (including phenoxy) is 1. The van der Waals surface area contributed by atoms with Crippen molar-refractivity contribution in [3.63, 3.8) is 0 Å². The fourth-order valence-corrected chi connectivity index (χ4v) is 2.66. The zero-order valence-electron chi connectivity index (χ0n) is 15.4. The molecule has 0 saturated carbocycles. The quantitative estimate of drug-likeness (QED) is 0.666. The second kappa shape index (κ2) is 8.34. The van der Waals surface area contributed by atoms with Gasteiger partial charge in [-0.2, -0.15) is 4.98 Å². The molecule has 26 heavy (non-hydrogen) atoms. The third-order valence-electron chi connectivity index (χ3n) is 4.08. The monoisotopic (exact) mass is 348 g/mol. The molecule has 2 aromatic carbocycles. The van der Waals surface area contributed by atoms with Gasteiger partial charge < -0.3 is 15.4 Å². The highest BCUT2D eigenvalue weighted by molar-refractivity contribution is 5.44. The first-order chi connectivity index (χ1) is 12.6. The van der Waals surface area contributed by atoms with Crippen molar-refractivity contribution < 1.29 is 4.74 Å². The molecule has 0 amide bonds. The van der Waals surface area contributed by atoms with Crippen LogP contribution < -0.4 is 15.4 Å². The second-order valence-electron chi connectivity index (χ2n) is 6.22. The minimum Gasteiger partial charge on any atom is -0.496 e. The number of para-hydroxylation sites is 1. The van der Waals surface area contributed by atoms with Crippen LogP contribution in [0.15, 0.2) is 54.6 Å². The molecule has 0 aliphatic rings. The number of nitrogens with one attached hydrogen (secondary N) is 2. The van der Waals surface area contributed by atoms with Crippen molar-refractivity contribution in [2.24, 2.45) is 0 Å². The number of benzene rings is 2. The van der Waals surface area contributed by atoms with Crippen LogP contribution in [0, 0.1) is 13.8 Å². The Morgan fingerprint density at radius 1 is 0.885 bits per heavy atom. The molecule has 0 unspecified atom stereocenters. The molecule has 5 heteroatoms. The van der Waals surface area contributed by atoms with Crippen molar-refractivity contribution >= 4 is 11.8 Å². The summed E-state index contributed by atoms with van der Waals surface area (Å²) in [6, 6.07) is 18.3. The van der Waals surface area contributed by atoms with Crippen molar-refractivity contribution in [1.29, 1.82) is 0 Å². The maximum Gasteiger partial charge on any atom is 0.225 e. The van der Waals surface area contributed by atoms with E-state index in [0.29, 0.717) is 12.5 Å². The van der Waals surface area contributed by atoms with E-state index in [9.17, 15) is 0 Å². The molecule has 2 N–H and O–H groups in total. The van der Waals surface area contributed by atoms with E-state index >= 15 is 0 Å². The standard InChI is InChI=1S/C21H24N4O/c1-15-8-10-17(11-9-15)13-22-20-12-16(2)24-21(25-20)23-14-18-6-4-5-7-19(18)26-3/h4-12H,13-14H2,1-3H3,(H2,22,23,24,25). The normalized spacial score (nSPS) is 10.4. The van der Waals surface area contributed by atoms with Crippen LogP contribution in [0.3, 0.4) is 0 Å². The van der Waals surface area contributed by atoms with Gasteiger partial charge in [-0.15, -0.1) is 0 Å². The number of hydrogen-bond donors (Lipinski definition) is 2. The Kier molecular flexibility index (Phi) is 5.69. The molecule has 134 valence electrons. The number of aromatic nitrogens is 2. The van der Waals surface area contributed by atoms with E-state index in [0.717, 1.165) is 29.4 Å². The molecule has 0 saturated heterocycles. The summed E-state index contributed by atoms with van der Waals surface area (Å²) in [5.41, 5.74) is 4.45. The van der Waals surface area contributed by atoms with Gasteiger partial charge in [-0.05, 0) is 25.5 Å². The minimum absolute atomic E-state index is 0.599. The predicted molar refractivity (Wildman–Crippen MR) is 106 cm³/mol. The van der Waals surface area contributed by atoms with Gasteiger partial charge >= 0.3 is 0 Å². The summed E-state index contributed by atoms with van der Waals surface area (Å²) in [4.78, 5) is 9.03. The van der Waals surface area contributed by atoms with E-state index < -0.39 is 0 Å². The number of methoxy groups -OCH3 is 1. The molecular formula is C21H24N4O. The van der Waals surface area contributed by atoms with Crippen LogP contribution in [-0.2, 0) is 13.1 Å². The molecule has 0 fully saturated rings. The summed E-state index contributed by atoms with van der Waals surface area (Å²) in [5.74, 6) is 2.26. The summed E-state index contributed by atoms with van der Waals surface area (Å²) in [6.07, 6.45) is 0. The number of hydrogen-bond acceptors (Lipinski definition) is 5. The Bertz CT molecular complexity index is 862. The third kappa shape index (κ3) is 4.72. The number of nitrogens with zero attached hydrogens (tertiary/aromatic N) is 2. The van der Waals surface area contributed by atoms with Crippen molar-refractivity contribution in [1.82, 2.24) is 9.97 Å². The molecule has 3 rings (SSSR count). The molecular weight excluding hydrogens is 324 g/mol. The molecule has 5 nitrogen and oxygen atoms in total. The lowest BCUT2D eigenvalue weighted by Gasteiger charge is -2.12. The fourth-order valence-electron chi connectivity index (χ4n) is 2.66. The van der Waals surface area contributed by atoms with Gasteiger partial charge in [0, 0.05) is 30.4 Å². The molecule has 0 aliphatic carbocycles. The van der Waals surface area contributed by atoms with Gasteiger partial charge in [0.2, 0.25) is 5.95 Å². The average molecular weight is 348 g/mol. The minimum atomic E-state index is 0.599. The Hall–Kier alpha value is -3.08. The topological polar surface area (TPSA) is 59.1 Å². The zero-order valence-corrected chi connectivity index (χ0v) is 15.4. The van der Waals surface area contributed by atoms with Crippen LogP contribution in [0.4, 0.5) is 11.8 Å². The summed E-state index contributed by atoms with van der Waals surface area (Å²) in [7, 11) is 1.68. The van der Waals surface area contributed by atoms with Crippen LogP contribution in [0.25, 0.3) is 0 Å². The van der Waals surface area contributed by atoms with Crippen molar-refractivity contribution in [2.45, 2.75) is 26.9 Å². The highest BCUT2D eigenvalue weighted by Gasteiger charge is 2.05. The molecule has 0 bridgehead atoms. The Morgan fingerprint density at radius 3 is 2.42 bits per heavy atom. The van der Waals surface area contributed by atoms with Crippen molar-refractivity contribution in [2.75, 3.05) is 17.7 Å². The fraction of sp³-hybridized carbons (Fsp3) is 0.238. The van der Waals surface area contributed by atoms with E-state index in [2.05, 4.69) is 51.8 Å². The van der Waals surface area contributed by atoms with Gasteiger partial charge in [0.1, 0.15) is 11.6 Å². The lowest BCUT2D eigenvalue weighted by Crippen LogP contribution is -2.08. The Labute approximate surface area is 154 Å². The van der Waals surface area contributed by atoms with Gasteiger partial charge in [0.05, 0.1) is 7.11 Å². The number of aryl methyl sites for hydroxylation is 2. The number of rotatable bonds is 7. The molecule has 0 atom stereocenters. The highest BCUT2D eigenvalue weighted by atomic mass is 16.5. The van der Waals surface area contributed by atoms with E-state index in [1.807, 2.05) is 37.3 Å². The van der Waals surface area contributed by atoms with Crippen LogP contribution >= 0.6 is 0 Å². The summed E-state index contributed by atoms with van der Waals surface area (Å²) in [5, 5.41) is 6.65. The Balaban J connectivity index is 1.66. The van der Waals surface area contributed by atoms with Gasteiger partial charge in [0.15, 0.2) is 0 Å². The van der Waals surface area contributed by atoms with E-state index in [-0.39, 0.29) is 0 Å². The molecule has 0 spiro atoms. The van der Waals surface area contributed by atoms with Gasteiger partial charge in [0.25, 0.3) is 0 Å². The summed E-state index contributed by atoms with van der Waals surface area (Å²) in [6.45, 7) is 5.38. The van der Waals surface area contributed by atoms with E-state index in [1.165, 1.54) is 11.1 Å². The van der Waals surface area contributed by atoms with E-state index in [4.69, 9.17) is 4.74 Å². The predicted octanol–water partition coefficient (Wildman–Crippen LogP) is 4.33. The molecule has 1 aromatic heterocycles. The molecule has 3 aromatic rings. The van der Waals surface area contributed by atoms with E-state index in [1.54, 1.807) is 7.11 Å². The highest BCUT2D eigenvalue weighted by Crippen LogP contribution is 2.19. The Morgan fingerprint density at radius 2 is 1.65 bits per heavy atom. The maximum absolute atomic E-state index is 5.38. The van der Waals surface area contributed by atoms with Gasteiger partial charge in [-0.25, -0.2) is 4.98 Å². The maximum atomic E-state index is 5.38. The van der Waals surface area contributed by atoms with Crippen molar-refractivity contribution in [3.8, 4) is 5.75 Å². The van der Waals surface area contributed by atoms with Crippen LogP contribution in [-0.4, -0.2) is 17.1 Å². The van der Waals surface area contributed by atoms with Gasteiger partial charge in [-0.1, -0.05) is 48.0 Å². The zero-order chi connectivity index (χ0) is 18.4. The first-order valence-corrected chi connectivity index (χ1v) is 8.65. The number of anilines is 2. The SMILES string of the molecule is COc1ccccc1CNc1nc(C)cc(NCc2ccc(C)cc2)n1.